The average molecular weight is 243 g/mol. The molecule has 0 aromatic rings. The minimum atomic E-state index is -3.61. The summed E-state index contributed by atoms with van der Waals surface area (Å²) in [7, 11) is -7.17. The summed E-state index contributed by atoms with van der Waals surface area (Å²) in [5.74, 6) is -0.404. The van der Waals surface area contributed by atoms with Crippen molar-refractivity contribution in [1.82, 2.24) is 9.44 Å². The molecule has 9 heteroatoms. The first-order valence-electron chi connectivity index (χ1n) is 4.06. The lowest BCUT2D eigenvalue weighted by Gasteiger charge is -2.05. The molecule has 1 aliphatic rings. The zero-order valence-corrected chi connectivity index (χ0v) is 9.07. The summed E-state index contributed by atoms with van der Waals surface area (Å²) in [5.41, 5.74) is 0. The van der Waals surface area contributed by atoms with E-state index in [1.807, 2.05) is 0 Å². The summed E-state index contributed by atoms with van der Waals surface area (Å²) in [5, 5.41) is 4.70. The second-order valence-electron chi connectivity index (χ2n) is 3.16. The fourth-order valence-corrected chi connectivity index (χ4v) is 2.43. The van der Waals surface area contributed by atoms with E-state index in [4.69, 9.17) is 5.14 Å². The van der Waals surface area contributed by atoms with Crippen LogP contribution in [0, 0.1) is 0 Å². The van der Waals surface area contributed by atoms with Crippen molar-refractivity contribution in [2.24, 2.45) is 5.14 Å². The Labute approximate surface area is 83.3 Å². The molecule has 0 radical (unpaired) electrons. The van der Waals surface area contributed by atoms with Gasteiger partial charge in [0, 0.05) is 12.6 Å². The molecule has 0 aliphatic heterocycles. The van der Waals surface area contributed by atoms with Crippen molar-refractivity contribution in [3.63, 3.8) is 0 Å². The van der Waals surface area contributed by atoms with E-state index in [1.165, 1.54) is 0 Å². The van der Waals surface area contributed by atoms with Gasteiger partial charge in [0.05, 0.1) is 5.75 Å². The maximum Gasteiger partial charge on any atom is 0.277 e. The molecule has 0 aromatic heterocycles. The monoisotopic (exact) mass is 243 g/mol. The molecule has 1 saturated carbocycles. The highest BCUT2D eigenvalue weighted by atomic mass is 32.2. The molecule has 0 unspecified atom stereocenters. The van der Waals surface area contributed by atoms with Gasteiger partial charge >= 0.3 is 0 Å². The Morgan fingerprint density at radius 1 is 1.21 bits per heavy atom. The third kappa shape index (κ3) is 5.50. The van der Waals surface area contributed by atoms with Crippen LogP contribution < -0.4 is 14.6 Å². The smallest absolute Gasteiger partial charge is 0.229 e. The molecular weight excluding hydrogens is 230 g/mol. The molecule has 0 spiro atoms. The van der Waals surface area contributed by atoms with Crippen molar-refractivity contribution in [3.05, 3.63) is 0 Å². The largest absolute Gasteiger partial charge is 0.277 e. The van der Waals surface area contributed by atoms with Crippen molar-refractivity contribution in [1.29, 1.82) is 0 Å². The van der Waals surface area contributed by atoms with Gasteiger partial charge in [-0.2, -0.15) is 13.1 Å². The molecule has 7 nitrogen and oxygen atoms in total. The first-order chi connectivity index (χ1) is 6.29. The fraction of sp³-hybridized carbons (Fsp3) is 1.00. The minimum absolute atomic E-state index is 0.00184. The summed E-state index contributed by atoms with van der Waals surface area (Å²) in [6.45, 7) is -0.207. The zero-order chi connectivity index (χ0) is 10.8. The van der Waals surface area contributed by atoms with Gasteiger partial charge in [-0.25, -0.2) is 18.3 Å². The van der Waals surface area contributed by atoms with Gasteiger partial charge in [-0.1, -0.05) is 0 Å². The molecule has 0 atom stereocenters. The van der Waals surface area contributed by atoms with Crippen molar-refractivity contribution in [2.45, 2.75) is 18.9 Å². The molecule has 14 heavy (non-hydrogen) atoms. The van der Waals surface area contributed by atoms with Crippen molar-refractivity contribution >= 4 is 20.2 Å². The van der Waals surface area contributed by atoms with Crippen LogP contribution in [0.5, 0.6) is 0 Å². The van der Waals surface area contributed by atoms with Gasteiger partial charge in [0.1, 0.15) is 0 Å². The van der Waals surface area contributed by atoms with Crippen molar-refractivity contribution < 1.29 is 16.8 Å². The Morgan fingerprint density at radius 3 is 2.21 bits per heavy atom. The molecule has 0 aromatic carbocycles. The number of hydrogen-bond acceptors (Lipinski definition) is 4. The van der Waals surface area contributed by atoms with Crippen molar-refractivity contribution in [2.75, 3.05) is 12.3 Å². The summed E-state index contributed by atoms with van der Waals surface area (Å²) < 4.78 is 47.6. The molecular formula is C5H13N3O4S2. The first-order valence-corrected chi connectivity index (χ1v) is 7.26. The van der Waals surface area contributed by atoms with Crippen LogP contribution in [-0.2, 0) is 20.2 Å². The van der Waals surface area contributed by atoms with E-state index in [0.717, 1.165) is 12.8 Å². The van der Waals surface area contributed by atoms with Gasteiger partial charge in [0.25, 0.3) is 10.2 Å². The molecule has 4 N–H and O–H groups in total. The number of nitrogens with one attached hydrogen (secondary N) is 2. The van der Waals surface area contributed by atoms with E-state index in [9.17, 15) is 16.8 Å². The summed E-state index contributed by atoms with van der Waals surface area (Å²) in [6.07, 6.45) is 1.66. The maximum absolute atomic E-state index is 11.1. The van der Waals surface area contributed by atoms with E-state index >= 15 is 0 Å². The normalized spacial score (nSPS) is 18.4. The second kappa shape index (κ2) is 4.11. The molecule has 1 fully saturated rings. The Morgan fingerprint density at radius 2 is 1.79 bits per heavy atom. The minimum Gasteiger partial charge on any atom is -0.229 e. The van der Waals surface area contributed by atoms with Crippen LogP contribution in [0.4, 0.5) is 0 Å². The van der Waals surface area contributed by atoms with Gasteiger partial charge in [-0.3, -0.25) is 0 Å². The van der Waals surface area contributed by atoms with Crippen molar-refractivity contribution in [3.8, 4) is 0 Å². The van der Waals surface area contributed by atoms with E-state index in [0.29, 0.717) is 0 Å². The van der Waals surface area contributed by atoms with Crippen LogP contribution in [0.2, 0.25) is 0 Å². The quantitative estimate of drug-likeness (QED) is 0.493. The predicted octanol–water partition coefficient (Wildman–Crippen LogP) is -2.14. The Kier molecular flexibility index (Phi) is 3.48. The van der Waals surface area contributed by atoms with Crippen LogP contribution in [0.15, 0.2) is 0 Å². The molecule has 0 bridgehead atoms. The van der Waals surface area contributed by atoms with Crippen LogP contribution >= 0.6 is 0 Å². The number of hydrogen-bond donors (Lipinski definition) is 3. The molecule has 0 amide bonds. The van der Waals surface area contributed by atoms with E-state index < -0.39 is 26.0 Å². The van der Waals surface area contributed by atoms with Crippen LogP contribution in [-0.4, -0.2) is 35.2 Å². The lowest BCUT2D eigenvalue weighted by Crippen LogP contribution is -2.40. The molecule has 0 heterocycles. The molecule has 0 saturated heterocycles. The van der Waals surface area contributed by atoms with E-state index in [2.05, 4.69) is 9.44 Å². The van der Waals surface area contributed by atoms with Crippen LogP contribution in [0.25, 0.3) is 0 Å². The van der Waals surface area contributed by atoms with Gasteiger partial charge in [0.2, 0.25) is 10.0 Å². The van der Waals surface area contributed by atoms with Gasteiger partial charge < -0.3 is 0 Å². The van der Waals surface area contributed by atoms with Crippen LogP contribution in [0.1, 0.15) is 12.8 Å². The first kappa shape index (κ1) is 11.9. The summed E-state index contributed by atoms with van der Waals surface area (Å²) in [6, 6.07) is 0.00184. The number of sulfonamides is 1. The third-order valence-electron chi connectivity index (χ3n) is 1.58. The second-order valence-corrected chi connectivity index (χ2v) is 6.42. The standard InChI is InChI=1S/C5H13N3O4S2/c6-13(9,10)4-3-7-14(11,12)8-5-1-2-5/h5,7-8H,1-4H2,(H2,6,9,10). The SMILES string of the molecule is NS(=O)(=O)CCNS(=O)(=O)NC1CC1. The topological polar surface area (TPSA) is 118 Å². The third-order valence-corrected chi connectivity index (χ3v) is 3.58. The van der Waals surface area contributed by atoms with Gasteiger partial charge in [0.15, 0.2) is 0 Å². The number of nitrogens with two attached hydrogens (primary N) is 1. The van der Waals surface area contributed by atoms with Crippen LogP contribution in [0.3, 0.4) is 0 Å². The summed E-state index contributed by atoms with van der Waals surface area (Å²) in [4.78, 5) is 0. The number of rotatable bonds is 6. The van der Waals surface area contributed by atoms with Gasteiger partial charge in [-0.15, -0.1) is 0 Å². The van der Waals surface area contributed by atoms with Gasteiger partial charge in [-0.05, 0) is 12.8 Å². The highest BCUT2D eigenvalue weighted by Crippen LogP contribution is 2.19. The fourth-order valence-electron chi connectivity index (χ4n) is 0.781. The highest BCUT2D eigenvalue weighted by molar-refractivity contribution is 7.89. The Balaban J connectivity index is 2.29. The summed E-state index contributed by atoms with van der Waals surface area (Å²) >= 11 is 0. The van der Waals surface area contributed by atoms with E-state index in [-0.39, 0.29) is 12.6 Å². The lowest BCUT2D eigenvalue weighted by atomic mass is 10.8. The Hall–Kier alpha value is -0.220. The average Bonchev–Trinajstić information content (AvgIpc) is 2.66. The lowest BCUT2D eigenvalue weighted by molar-refractivity contribution is 0.567. The Bertz CT molecular complexity index is 383. The molecule has 1 rings (SSSR count). The highest BCUT2D eigenvalue weighted by Gasteiger charge is 2.26. The predicted molar refractivity (Wildman–Crippen MR) is 51.1 cm³/mol. The molecule has 1 aliphatic carbocycles. The number of primary sulfonamides is 1. The zero-order valence-electron chi connectivity index (χ0n) is 7.43. The van der Waals surface area contributed by atoms with E-state index in [1.54, 1.807) is 0 Å². The maximum atomic E-state index is 11.1. The molecule has 84 valence electrons.